The largest absolute Gasteiger partial charge is 0.417 e. The van der Waals surface area contributed by atoms with E-state index in [4.69, 9.17) is 22.1 Å². The van der Waals surface area contributed by atoms with Gasteiger partial charge in [-0.2, -0.15) is 23.7 Å². The molecule has 0 fully saturated rings. The Bertz CT molecular complexity index is 980. The summed E-state index contributed by atoms with van der Waals surface area (Å²) < 4.78 is 39.2. The third kappa shape index (κ3) is 5.13. The summed E-state index contributed by atoms with van der Waals surface area (Å²) in [5.41, 5.74) is -1.04. The molecule has 0 radical (unpaired) electrons. The molecule has 0 spiro atoms. The Kier molecular flexibility index (Phi) is 6.32. The van der Waals surface area contributed by atoms with Crippen molar-refractivity contribution in [1.82, 2.24) is 4.98 Å². The van der Waals surface area contributed by atoms with Gasteiger partial charge in [0.1, 0.15) is 17.2 Å². The van der Waals surface area contributed by atoms with Crippen molar-refractivity contribution in [3.05, 3.63) is 51.7 Å². The Labute approximate surface area is 161 Å². The number of aryl methyl sites for hydroxylation is 1. The van der Waals surface area contributed by atoms with Gasteiger partial charge in [0.05, 0.1) is 27.5 Å². The molecule has 138 valence electrons. The lowest BCUT2D eigenvalue weighted by molar-refractivity contribution is -0.138. The zero-order valence-electron chi connectivity index (χ0n) is 13.7. The number of hydrogen-bond donors (Lipinski definition) is 1. The summed E-state index contributed by atoms with van der Waals surface area (Å²) in [6.07, 6.45) is -4.70. The molecule has 2 aromatic rings. The molecular formula is C17H10ClF3N4OS. The van der Waals surface area contributed by atoms with Crippen molar-refractivity contribution in [2.75, 3.05) is 11.1 Å². The molecule has 1 aromatic carbocycles. The molecule has 0 aliphatic rings. The summed E-state index contributed by atoms with van der Waals surface area (Å²) in [6.45, 7) is 1.37. The van der Waals surface area contributed by atoms with Crippen LogP contribution in [0.5, 0.6) is 0 Å². The standard InChI is InChI=1S/C17H10ClF3N4OS/c1-9-4-13(17(19,20)21)12(7-23)16(24-9)27-8-15(26)25-11-3-2-10(6-22)14(18)5-11/h2-5H,8H2,1H3,(H,25,26). The number of halogens is 4. The third-order valence-corrected chi connectivity index (χ3v) is 4.53. The molecule has 1 aromatic heterocycles. The molecule has 0 saturated heterocycles. The maximum Gasteiger partial charge on any atom is 0.417 e. The van der Waals surface area contributed by atoms with E-state index in [0.717, 1.165) is 17.8 Å². The van der Waals surface area contributed by atoms with Crippen LogP contribution in [0, 0.1) is 29.6 Å². The highest BCUT2D eigenvalue weighted by molar-refractivity contribution is 8.00. The number of hydrogen-bond acceptors (Lipinski definition) is 5. The minimum absolute atomic E-state index is 0.0862. The van der Waals surface area contributed by atoms with Crippen LogP contribution >= 0.6 is 23.4 Å². The molecule has 5 nitrogen and oxygen atoms in total. The Hall–Kier alpha value is -2.75. The van der Waals surface area contributed by atoms with Gasteiger partial charge in [-0.05, 0) is 31.2 Å². The molecule has 2 rings (SSSR count). The van der Waals surface area contributed by atoms with Gasteiger partial charge in [-0.1, -0.05) is 23.4 Å². The van der Waals surface area contributed by atoms with Crippen LogP contribution < -0.4 is 5.32 Å². The zero-order valence-corrected chi connectivity index (χ0v) is 15.3. The minimum Gasteiger partial charge on any atom is -0.325 e. The first kappa shape index (κ1) is 20.6. The van der Waals surface area contributed by atoms with Gasteiger partial charge >= 0.3 is 6.18 Å². The van der Waals surface area contributed by atoms with E-state index in [1.165, 1.54) is 31.2 Å². The minimum atomic E-state index is -4.70. The van der Waals surface area contributed by atoms with E-state index in [9.17, 15) is 18.0 Å². The van der Waals surface area contributed by atoms with Gasteiger partial charge < -0.3 is 5.32 Å². The van der Waals surface area contributed by atoms with Crippen LogP contribution in [-0.4, -0.2) is 16.6 Å². The Morgan fingerprint density at radius 1 is 1.30 bits per heavy atom. The van der Waals surface area contributed by atoms with Gasteiger partial charge in [-0.15, -0.1) is 0 Å². The normalized spacial score (nSPS) is 10.8. The number of carbonyl (C=O) groups is 1. The quantitative estimate of drug-likeness (QED) is 0.747. The van der Waals surface area contributed by atoms with E-state index < -0.39 is 23.2 Å². The second kappa shape index (κ2) is 8.30. The first-order valence-corrected chi connectivity index (χ1v) is 8.63. The molecule has 0 aliphatic carbocycles. The van der Waals surface area contributed by atoms with Crippen molar-refractivity contribution < 1.29 is 18.0 Å². The molecule has 27 heavy (non-hydrogen) atoms. The van der Waals surface area contributed by atoms with Crippen LogP contribution in [0.25, 0.3) is 0 Å². The summed E-state index contributed by atoms with van der Waals surface area (Å²) in [7, 11) is 0. The van der Waals surface area contributed by atoms with E-state index in [0.29, 0.717) is 5.69 Å². The van der Waals surface area contributed by atoms with Crippen molar-refractivity contribution in [2.24, 2.45) is 0 Å². The molecule has 0 aliphatic heterocycles. The number of nitrogens with one attached hydrogen (secondary N) is 1. The van der Waals surface area contributed by atoms with E-state index in [1.807, 2.05) is 6.07 Å². The summed E-state index contributed by atoms with van der Waals surface area (Å²) in [5.74, 6) is -0.790. The predicted octanol–water partition coefficient (Wildman–Crippen LogP) is 4.54. The van der Waals surface area contributed by atoms with E-state index in [-0.39, 0.29) is 27.1 Å². The molecule has 0 atom stereocenters. The van der Waals surface area contributed by atoms with Crippen LogP contribution in [0.3, 0.4) is 0 Å². The number of anilines is 1. The Morgan fingerprint density at radius 2 is 2.00 bits per heavy atom. The second-order valence-electron chi connectivity index (χ2n) is 5.24. The topological polar surface area (TPSA) is 89.6 Å². The molecule has 1 amide bonds. The van der Waals surface area contributed by atoms with Crippen LogP contribution in [0.2, 0.25) is 5.02 Å². The number of rotatable bonds is 4. The van der Waals surface area contributed by atoms with Gasteiger partial charge in [0.2, 0.25) is 5.91 Å². The molecule has 0 saturated carbocycles. The molecule has 0 bridgehead atoms. The predicted molar refractivity (Wildman–Crippen MR) is 94.2 cm³/mol. The van der Waals surface area contributed by atoms with E-state index in [2.05, 4.69) is 10.3 Å². The average Bonchev–Trinajstić information content (AvgIpc) is 2.59. The van der Waals surface area contributed by atoms with Gasteiger partial charge in [-0.3, -0.25) is 4.79 Å². The fourth-order valence-corrected chi connectivity index (χ4v) is 3.17. The van der Waals surface area contributed by atoms with Crippen molar-refractivity contribution in [3.63, 3.8) is 0 Å². The first-order valence-electron chi connectivity index (χ1n) is 7.27. The summed E-state index contributed by atoms with van der Waals surface area (Å²) >= 11 is 6.60. The SMILES string of the molecule is Cc1cc(C(F)(F)F)c(C#N)c(SCC(=O)Nc2ccc(C#N)c(Cl)c2)n1. The highest BCUT2D eigenvalue weighted by atomic mass is 35.5. The average molecular weight is 411 g/mol. The van der Waals surface area contributed by atoms with Crippen molar-refractivity contribution in [2.45, 2.75) is 18.1 Å². The van der Waals surface area contributed by atoms with E-state index in [1.54, 1.807) is 0 Å². The van der Waals surface area contributed by atoms with Crippen LogP contribution in [0.4, 0.5) is 18.9 Å². The van der Waals surface area contributed by atoms with Crippen LogP contribution in [0.15, 0.2) is 29.3 Å². The summed E-state index contributed by atoms with van der Waals surface area (Å²) in [6, 6.07) is 8.46. The van der Waals surface area contributed by atoms with Crippen LogP contribution in [0.1, 0.15) is 22.4 Å². The van der Waals surface area contributed by atoms with Crippen molar-refractivity contribution >= 4 is 35.0 Å². The monoisotopic (exact) mass is 410 g/mol. The highest BCUT2D eigenvalue weighted by Crippen LogP contribution is 2.35. The number of nitriles is 2. The fraction of sp³-hybridized carbons (Fsp3) is 0.176. The van der Waals surface area contributed by atoms with Gasteiger partial charge in [0, 0.05) is 11.4 Å². The van der Waals surface area contributed by atoms with Gasteiger partial charge in [0.15, 0.2) is 0 Å². The Balaban J connectivity index is 2.16. The highest BCUT2D eigenvalue weighted by Gasteiger charge is 2.35. The lowest BCUT2D eigenvalue weighted by Gasteiger charge is -2.12. The second-order valence-corrected chi connectivity index (χ2v) is 6.62. The summed E-state index contributed by atoms with van der Waals surface area (Å²) in [4.78, 5) is 16.0. The van der Waals surface area contributed by atoms with Gasteiger partial charge in [-0.25, -0.2) is 4.98 Å². The number of amides is 1. The van der Waals surface area contributed by atoms with Crippen molar-refractivity contribution in [3.8, 4) is 12.1 Å². The number of thioether (sulfide) groups is 1. The molecule has 1 heterocycles. The van der Waals surface area contributed by atoms with Crippen LogP contribution in [-0.2, 0) is 11.0 Å². The molecule has 0 unspecified atom stereocenters. The molecule has 1 N–H and O–H groups in total. The van der Waals surface area contributed by atoms with Gasteiger partial charge in [0.25, 0.3) is 0 Å². The van der Waals surface area contributed by atoms with E-state index >= 15 is 0 Å². The smallest absolute Gasteiger partial charge is 0.325 e. The number of aromatic nitrogens is 1. The summed E-state index contributed by atoms with van der Waals surface area (Å²) in [5, 5.41) is 20.4. The van der Waals surface area contributed by atoms with Crippen molar-refractivity contribution in [1.29, 1.82) is 10.5 Å². The lowest BCUT2D eigenvalue weighted by Crippen LogP contribution is -2.15. The number of carbonyl (C=O) groups excluding carboxylic acids is 1. The number of nitrogens with zero attached hydrogens (tertiary/aromatic N) is 3. The first-order chi connectivity index (χ1) is 12.7. The third-order valence-electron chi connectivity index (χ3n) is 3.24. The number of benzene rings is 1. The zero-order chi connectivity index (χ0) is 20.2. The lowest BCUT2D eigenvalue weighted by atomic mass is 10.1. The maximum absolute atomic E-state index is 13.1. The fourth-order valence-electron chi connectivity index (χ4n) is 2.10. The molecule has 10 heteroatoms. The number of alkyl halides is 3. The molecular weight excluding hydrogens is 401 g/mol. The Morgan fingerprint density at radius 3 is 2.56 bits per heavy atom. The maximum atomic E-state index is 13.1. The number of pyridine rings is 1.